The van der Waals surface area contributed by atoms with Crippen molar-refractivity contribution in [2.45, 2.75) is 6.42 Å². The van der Waals surface area contributed by atoms with E-state index >= 15 is 0 Å². The lowest BCUT2D eigenvalue weighted by Gasteiger charge is -2.11. The quantitative estimate of drug-likeness (QED) is 0.696. The first kappa shape index (κ1) is 16.3. The molecular weight excluding hydrogens is 302 g/mol. The first-order valence-corrected chi connectivity index (χ1v) is 6.86. The highest BCUT2D eigenvalue weighted by Crippen LogP contribution is 2.24. The second-order valence-electron chi connectivity index (χ2n) is 4.69. The highest BCUT2D eigenvalue weighted by molar-refractivity contribution is 5.92. The summed E-state index contributed by atoms with van der Waals surface area (Å²) in [6, 6.07) is 6.41. The first-order valence-electron chi connectivity index (χ1n) is 6.86. The van der Waals surface area contributed by atoms with E-state index in [1.807, 2.05) is 11.1 Å². The number of rotatable bonds is 6. The van der Waals surface area contributed by atoms with Crippen LogP contribution in [0.1, 0.15) is 16.1 Å². The maximum Gasteiger partial charge on any atom is 0.326 e. The minimum atomic E-state index is -0.725. The summed E-state index contributed by atoms with van der Waals surface area (Å²) in [5.74, 6) is 0.839. The molecule has 0 radical (unpaired) electrons. The fourth-order valence-electron chi connectivity index (χ4n) is 2.07. The molecule has 122 valence electrons. The molecule has 0 spiro atoms. The molecule has 0 bridgehead atoms. The number of hydrogen-bond acceptors (Lipinski definition) is 5. The topological polar surface area (TPSA) is 113 Å². The Morgan fingerprint density at radius 3 is 2.57 bits per heavy atom. The van der Waals surface area contributed by atoms with Crippen LogP contribution in [0.5, 0.6) is 11.5 Å². The van der Waals surface area contributed by atoms with Gasteiger partial charge >= 0.3 is 5.69 Å². The molecule has 1 aromatic carbocycles. The van der Waals surface area contributed by atoms with Gasteiger partial charge in [0.15, 0.2) is 0 Å². The van der Waals surface area contributed by atoms with Crippen molar-refractivity contribution in [3.8, 4) is 11.5 Å². The Bertz CT molecular complexity index is 781. The van der Waals surface area contributed by atoms with Crippen LogP contribution in [0.4, 0.5) is 0 Å². The minimum Gasteiger partial charge on any atom is -0.497 e. The third-order valence-electron chi connectivity index (χ3n) is 3.17. The van der Waals surface area contributed by atoms with Gasteiger partial charge in [-0.15, -0.1) is 0 Å². The Kier molecular flexibility index (Phi) is 5.19. The van der Waals surface area contributed by atoms with E-state index in [9.17, 15) is 14.4 Å². The summed E-state index contributed by atoms with van der Waals surface area (Å²) in [4.78, 5) is 38.5. The number of aromatic nitrogens is 2. The van der Waals surface area contributed by atoms with E-state index in [1.165, 1.54) is 0 Å². The maximum atomic E-state index is 11.9. The molecule has 0 saturated carbocycles. The molecule has 0 saturated heterocycles. The number of nitrogens with one attached hydrogen (secondary N) is 3. The Morgan fingerprint density at radius 1 is 1.13 bits per heavy atom. The zero-order valence-corrected chi connectivity index (χ0v) is 12.8. The van der Waals surface area contributed by atoms with Crippen molar-refractivity contribution >= 4 is 5.91 Å². The van der Waals surface area contributed by atoms with Gasteiger partial charge in [0.25, 0.3) is 11.5 Å². The number of H-pyrrole nitrogens is 2. The number of carbonyl (C=O) groups is 1. The van der Waals surface area contributed by atoms with Gasteiger partial charge in [-0.25, -0.2) is 4.79 Å². The van der Waals surface area contributed by atoms with Crippen LogP contribution < -0.4 is 26.0 Å². The predicted octanol–water partition coefficient (Wildman–Crippen LogP) is 0.0529. The molecular formula is C15H17N3O5. The first-order chi connectivity index (χ1) is 11.0. The molecule has 0 aliphatic rings. The Hall–Kier alpha value is -3.03. The fraction of sp³-hybridized carbons (Fsp3) is 0.267. The molecule has 3 N–H and O–H groups in total. The van der Waals surface area contributed by atoms with Gasteiger partial charge in [0.2, 0.25) is 0 Å². The van der Waals surface area contributed by atoms with Crippen LogP contribution in [0.3, 0.4) is 0 Å². The summed E-state index contributed by atoms with van der Waals surface area (Å²) in [7, 11) is 3.13. The van der Waals surface area contributed by atoms with E-state index < -0.39 is 17.2 Å². The van der Waals surface area contributed by atoms with Crippen LogP contribution in [-0.2, 0) is 6.42 Å². The molecule has 2 rings (SSSR count). The zero-order valence-electron chi connectivity index (χ0n) is 12.8. The number of methoxy groups -OCH3 is 2. The predicted molar refractivity (Wildman–Crippen MR) is 83.3 cm³/mol. The SMILES string of the molecule is COc1ccc(OC)c(CCNC(=O)c2cc(=O)[nH]c(=O)[nH]2)c1. The summed E-state index contributed by atoms with van der Waals surface area (Å²) in [5, 5.41) is 2.63. The molecule has 8 nitrogen and oxygen atoms in total. The second kappa shape index (κ2) is 7.30. The van der Waals surface area contributed by atoms with Gasteiger partial charge in [-0.05, 0) is 30.2 Å². The van der Waals surface area contributed by atoms with Crippen LogP contribution in [0.15, 0.2) is 33.9 Å². The summed E-state index contributed by atoms with van der Waals surface area (Å²) >= 11 is 0. The lowest BCUT2D eigenvalue weighted by Crippen LogP contribution is -2.32. The molecule has 0 fully saturated rings. The van der Waals surface area contributed by atoms with Crippen molar-refractivity contribution in [3.05, 3.63) is 56.4 Å². The number of amides is 1. The maximum absolute atomic E-state index is 11.9. The summed E-state index contributed by atoms with van der Waals surface area (Å²) < 4.78 is 10.4. The van der Waals surface area contributed by atoms with Crippen molar-refractivity contribution < 1.29 is 14.3 Å². The van der Waals surface area contributed by atoms with E-state index in [4.69, 9.17) is 9.47 Å². The van der Waals surface area contributed by atoms with Gasteiger partial charge in [0, 0.05) is 12.6 Å². The number of hydrogen-bond donors (Lipinski definition) is 3. The van der Waals surface area contributed by atoms with Crippen LogP contribution in [0.25, 0.3) is 0 Å². The Labute approximate surface area is 131 Å². The van der Waals surface area contributed by atoms with Crippen molar-refractivity contribution in [2.75, 3.05) is 20.8 Å². The smallest absolute Gasteiger partial charge is 0.326 e. The molecule has 0 atom stereocenters. The van der Waals surface area contributed by atoms with E-state index in [0.717, 1.165) is 11.6 Å². The summed E-state index contributed by atoms with van der Waals surface area (Å²) in [6.07, 6.45) is 0.500. The van der Waals surface area contributed by atoms with Gasteiger partial charge in [0.05, 0.1) is 14.2 Å². The number of benzene rings is 1. The fourth-order valence-corrected chi connectivity index (χ4v) is 2.07. The van der Waals surface area contributed by atoms with E-state index in [-0.39, 0.29) is 5.69 Å². The largest absolute Gasteiger partial charge is 0.497 e. The van der Waals surface area contributed by atoms with Crippen LogP contribution >= 0.6 is 0 Å². The highest BCUT2D eigenvalue weighted by atomic mass is 16.5. The Morgan fingerprint density at radius 2 is 1.91 bits per heavy atom. The average molecular weight is 319 g/mol. The highest BCUT2D eigenvalue weighted by Gasteiger charge is 2.09. The van der Waals surface area contributed by atoms with Gasteiger partial charge in [-0.2, -0.15) is 0 Å². The standard InChI is InChI=1S/C15H17N3O5/c1-22-10-3-4-12(23-2)9(7-10)5-6-16-14(20)11-8-13(19)18-15(21)17-11/h3-4,7-8H,5-6H2,1-2H3,(H,16,20)(H2,17,18,19,21). The normalized spacial score (nSPS) is 10.2. The number of ether oxygens (including phenoxy) is 2. The van der Waals surface area contributed by atoms with Gasteiger partial charge < -0.3 is 19.8 Å². The van der Waals surface area contributed by atoms with E-state index in [1.54, 1.807) is 26.4 Å². The molecule has 1 amide bonds. The molecule has 8 heteroatoms. The third kappa shape index (κ3) is 4.22. The van der Waals surface area contributed by atoms with Crippen LogP contribution in [0.2, 0.25) is 0 Å². The number of carbonyl (C=O) groups excluding carboxylic acids is 1. The van der Waals surface area contributed by atoms with Crippen molar-refractivity contribution in [1.82, 2.24) is 15.3 Å². The lowest BCUT2D eigenvalue weighted by atomic mass is 10.1. The van der Waals surface area contributed by atoms with Gasteiger partial charge in [-0.3, -0.25) is 14.6 Å². The summed E-state index contributed by atoms with van der Waals surface area (Å²) in [5.41, 5.74) is -0.576. The van der Waals surface area contributed by atoms with Crippen LogP contribution in [-0.4, -0.2) is 36.6 Å². The van der Waals surface area contributed by atoms with Crippen molar-refractivity contribution in [3.63, 3.8) is 0 Å². The second-order valence-corrected chi connectivity index (χ2v) is 4.69. The van der Waals surface area contributed by atoms with Gasteiger partial charge in [0.1, 0.15) is 17.2 Å². The molecule has 1 heterocycles. The van der Waals surface area contributed by atoms with Crippen molar-refractivity contribution in [2.24, 2.45) is 0 Å². The monoisotopic (exact) mass is 319 g/mol. The van der Waals surface area contributed by atoms with Crippen molar-refractivity contribution in [1.29, 1.82) is 0 Å². The molecule has 2 aromatic rings. The molecule has 23 heavy (non-hydrogen) atoms. The molecule has 0 unspecified atom stereocenters. The molecule has 1 aromatic heterocycles. The lowest BCUT2D eigenvalue weighted by molar-refractivity contribution is 0.0948. The average Bonchev–Trinajstić information content (AvgIpc) is 2.53. The zero-order chi connectivity index (χ0) is 16.8. The van der Waals surface area contributed by atoms with E-state index in [0.29, 0.717) is 24.5 Å². The Balaban J connectivity index is 2.03. The molecule has 0 aliphatic heterocycles. The van der Waals surface area contributed by atoms with Crippen LogP contribution in [0, 0.1) is 0 Å². The van der Waals surface area contributed by atoms with E-state index in [2.05, 4.69) is 10.3 Å². The summed E-state index contributed by atoms with van der Waals surface area (Å²) in [6.45, 7) is 0.303. The minimum absolute atomic E-state index is 0.0867. The third-order valence-corrected chi connectivity index (χ3v) is 3.17. The molecule has 0 aliphatic carbocycles. The van der Waals surface area contributed by atoms with Gasteiger partial charge in [-0.1, -0.05) is 0 Å². The number of aromatic amines is 2.